The Morgan fingerprint density at radius 2 is 2.05 bits per heavy atom. The quantitative estimate of drug-likeness (QED) is 0.406. The fourth-order valence-electron chi connectivity index (χ4n) is 1.46. The first kappa shape index (κ1) is 15.3. The van der Waals surface area contributed by atoms with Crippen molar-refractivity contribution >= 4 is 12.0 Å². The topological polar surface area (TPSA) is 35.5 Å². The fourth-order valence-corrected chi connectivity index (χ4v) is 1.46. The Balaban J connectivity index is 2.51. The summed E-state index contributed by atoms with van der Waals surface area (Å²) in [7, 11) is 0. The number of hydrogen-bond donors (Lipinski definition) is 0. The predicted octanol–water partition coefficient (Wildman–Crippen LogP) is 3.83. The van der Waals surface area contributed by atoms with Gasteiger partial charge in [0.25, 0.3) is 0 Å². The third kappa shape index (κ3) is 6.65. The minimum absolute atomic E-state index is 0.306. The number of unbranched alkanes of at least 4 members (excludes halogenated alkanes) is 1. The van der Waals surface area contributed by atoms with Crippen LogP contribution in [-0.2, 0) is 9.53 Å². The molecule has 0 bridgehead atoms. The van der Waals surface area contributed by atoms with Crippen molar-refractivity contribution in [1.82, 2.24) is 0 Å². The van der Waals surface area contributed by atoms with Gasteiger partial charge in [-0.15, -0.1) is 0 Å². The van der Waals surface area contributed by atoms with E-state index in [1.165, 1.54) is 6.08 Å². The van der Waals surface area contributed by atoms with E-state index in [1.54, 1.807) is 6.08 Å². The second-order valence-electron chi connectivity index (χ2n) is 4.28. The average molecular weight is 262 g/mol. The van der Waals surface area contributed by atoms with Gasteiger partial charge in [0.05, 0.1) is 13.2 Å². The summed E-state index contributed by atoms with van der Waals surface area (Å²) in [5.74, 6) is 0.525. The van der Waals surface area contributed by atoms with E-state index in [1.807, 2.05) is 31.2 Å². The molecule has 0 aliphatic rings. The highest BCUT2D eigenvalue weighted by atomic mass is 16.5. The van der Waals surface area contributed by atoms with Gasteiger partial charge in [-0.05, 0) is 36.6 Å². The Bertz CT molecular complexity index is 410. The summed E-state index contributed by atoms with van der Waals surface area (Å²) in [6.45, 7) is 5.28. The number of rotatable bonds is 8. The number of hydrogen-bond acceptors (Lipinski definition) is 3. The third-order valence-electron chi connectivity index (χ3n) is 2.49. The highest BCUT2D eigenvalue weighted by molar-refractivity contribution is 5.87. The van der Waals surface area contributed by atoms with Gasteiger partial charge in [0.2, 0.25) is 0 Å². The Hall–Kier alpha value is -1.77. The van der Waals surface area contributed by atoms with Gasteiger partial charge < -0.3 is 9.47 Å². The molecule has 1 aromatic carbocycles. The van der Waals surface area contributed by atoms with Crippen LogP contribution in [0, 0.1) is 0 Å². The van der Waals surface area contributed by atoms with E-state index < -0.39 is 0 Å². The summed E-state index contributed by atoms with van der Waals surface area (Å²) >= 11 is 0. The number of esters is 1. The molecule has 0 saturated heterocycles. The van der Waals surface area contributed by atoms with E-state index in [4.69, 9.17) is 9.47 Å². The normalized spacial score (nSPS) is 10.6. The molecule has 3 heteroatoms. The van der Waals surface area contributed by atoms with Crippen molar-refractivity contribution in [2.24, 2.45) is 0 Å². The molecule has 1 aromatic rings. The first-order chi connectivity index (χ1) is 9.26. The van der Waals surface area contributed by atoms with Gasteiger partial charge in [-0.3, -0.25) is 0 Å². The molecule has 0 saturated carbocycles. The Morgan fingerprint density at radius 1 is 1.21 bits per heavy atom. The molecule has 104 valence electrons. The minimum Gasteiger partial charge on any atom is -0.494 e. The lowest BCUT2D eigenvalue weighted by Crippen LogP contribution is -2.00. The zero-order valence-electron chi connectivity index (χ0n) is 11.7. The maximum Gasteiger partial charge on any atom is 0.330 e. The molecule has 0 aliphatic carbocycles. The molecule has 0 aromatic heterocycles. The summed E-state index contributed by atoms with van der Waals surface area (Å²) in [5, 5.41) is 0. The van der Waals surface area contributed by atoms with Crippen LogP contribution in [0.5, 0.6) is 5.75 Å². The molecular formula is C16H22O3. The van der Waals surface area contributed by atoms with Gasteiger partial charge in [0, 0.05) is 6.08 Å². The Morgan fingerprint density at radius 3 is 2.79 bits per heavy atom. The van der Waals surface area contributed by atoms with Crippen molar-refractivity contribution in [2.45, 2.75) is 33.1 Å². The van der Waals surface area contributed by atoms with Crippen molar-refractivity contribution in [2.75, 3.05) is 13.2 Å². The first-order valence-electron chi connectivity index (χ1n) is 6.84. The van der Waals surface area contributed by atoms with Crippen LogP contribution in [0.4, 0.5) is 0 Å². The van der Waals surface area contributed by atoms with Gasteiger partial charge in [-0.1, -0.05) is 32.4 Å². The van der Waals surface area contributed by atoms with E-state index in [9.17, 15) is 4.79 Å². The number of benzene rings is 1. The molecule has 1 rings (SSSR count). The van der Waals surface area contributed by atoms with E-state index in [0.717, 1.165) is 37.2 Å². The number of carbonyl (C=O) groups excluding carboxylic acids is 1. The van der Waals surface area contributed by atoms with Crippen LogP contribution in [-0.4, -0.2) is 19.2 Å². The molecule has 0 atom stereocenters. The zero-order chi connectivity index (χ0) is 13.9. The summed E-state index contributed by atoms with van der Waals surface area (Å²) in [5.41, 5.74) is 0.933. The summed E-state index contributed by atoms with van der Waals surface area (Å²) in [6, 6.07) is 7.68. The minimum atomic E-state index is -0.306. The lowest BCUT2D eigenvalue weighted by Gasteiger charge is -2.05. The molecule has 0 aliphatic heterocycles. The van der Waals surface area contributed by atoms with Crippen LogP contribution >= 0.6 is 0 Å². The molecule has 3 nitrogen and oxygen atoms in total. The molecule has 0 amide bonds. The van der Waals surface area contributed by atoms with E-state index >= 15 is 0 Å². The molecule has 0 N–H and O–H groups in total. The molecule has 0 heterocycles. The zero-order valence-corrected chi connectivity index (χ0v) is 11.7. The molecule has 0 spiro atoms. The van der Waals surface area contributed by atoms with Gasteiger partial charge in [-0.25, -0.2) is 4.79 Å². The van der Waals surface area contributed by atoms with Crippen molar-refractivity contribution in [1.29, 1.82) is 0 Å². The molecule has 0 fully saturated rings. The Kier molecular flexibility index (Phi) is 7.40. The van der Waals surface area contributed by atoms with Gasteiger partial charge in [0.1, 0.15) is 5.75 Å². The van der Waals surface area contributed by atoms with E-state index in [0.29, 0.717) is 6.61 Å². The van der Waals surface area contributed by atoms with Crippen molar-refractivity contribution in [3.63, 3.8) is 0 Å². The fraction of sp³-hybridized carbons (Fsp3) is 0.438. The van der Waals surface area contributed by atoms with Crippen molar-refractivity contribution in [3.05, 3.63) is 35.9 Å². The lowest BCUT2D eigenvalue weighted by molar-refractivity contribution is -0.137. The third-order valence-corrected chi connectivity index (χ3v) is 2.49. The lowest BCUT2D eigenvalue weighted by atomic mass is 10.2. The Labute approximate surface area is 115 Å². The maximum atomic E-state index is 11.3. The van der Waals surface area contributed by atoms with Gasteiger partial charge in [0.15, 0.2) is 0 Å². The average Bonchev–Trinajstić information content (AvgIpc) is 2.44. The second kappa shape index (κ2) is 9.20. The van der Waals surface area contributed by atoms with Crippen molar-refractivity contribution < 1.29 is 14.3 Å². The van der Waals surface area contributed by atoms with Gasteiger partial charge in [-0.2, -0.15) is 0 Å². The second-order valence-corrected chi connectivity index (χ2v) is 4.28. The highest BCUT2D eigenvalue weighted by Crippen LogP contribution is 2.15. The first-order valence-corrected chi connectivity index (χ1v) is 6.84. The van der Waals surface area contributed by atoms with Crippen LogP contribution in [0.1, 0.15) is 38.7 Å². The molecular weight excluding hydrogens is 240 g/mol. The maximum absolute atomic E-state index is 11.3. The smallest absolute Gasteiger partial charge is 0.330 e. The van der Waals surface area contributed by atoms with E-state index in [-0.39, 0.29) is 5.97 Å². The molecule has 0 radical (unpaired) electrons. The van der Waals surface area contributed by atoms with E-state index in [2.05, 4.69) is 6.92 Å². The largest absolute Gasteiger partial charge is 0.494 e. The molecule has 19 heavy (non-hydrogen) atoms. The molecule has 0 unspecified atom stereocenters. The van der Waals surface area contributed by atoms with Gasteiger partial charge >= 0.3 is 5.97 Å². The van der Waals surface area contributed by atoms with Crippen LogP contribution < -0.4 is 4.74 Å². The summed E-state index contributed by atoms with van der Waals surface area (Å²) in [6.07, 6.45) is 6.18. The monoisotopic (exact) mass is 262 g/mol. The van der Waals surface area contributed by atoms with Crippen molar-refractivity contribution in [3.8, 4) is 5.75 Å². The standard InChI is InChI=1S/C16H22O3/c1-3-5-12-18-15-8-6-7-14(13-15)9-10-16(17)19-11-4-2/h6-10,13H,3-5,11-12H2,1-2H3. The van der Waals surface area contributed by atoms with Crippen LogP contribution in [0.25, 0.3) is 6.08 Å². The van der Waals surface area contributed by atoms with Crippen LogP contribution in [0.15, 0.2) is 30.3 Å². The van der Waals surface area contributed by atoms with Crippen LogP contribution in [0.2, 0.25) is 0 Å². The number of ether oxygens (including phenoxy) is 2. The highest BCUT2D eigenvalue weighted by Gasteiger charge is 1.97. The summed E-state index contributed by atoms with van der Waals surface area (Å²) in [4.78, 5) is 11.3. The predicted molar refractivity (Wildman–Crippen MR) is 77.1 cm³/mol. The number of carbonyl (C=O) groups is 1. The van der Waals surface area contributed by atoms with Crippen LogP contribution in [0.3, 0.4) is 0 Å². The SMILES string of the molecule is CCCCOc1cccc(C=CC(=O)OCCC)c1. The summed E-state index contributed by atoms with van der Waals surface area (Å²) < 4.78 is 10.6.